The molecule has 3 N–H and O–H groups in total. The average molecular weight is 227 g/mol. The van der Waals surface area contributed by atoms with Gasteiger partial charge in [-0.2, -0.15) is 0 Å². The van der Waals surface area contributed by atoms with Gasteiger partial charge in [0.1, 0.15) is 0 Å². The molecule has 0 fully saturated rings. The van der Waals surface area contributed by atoms with Crippen LogP contribution in [-0.2, 0) is 4.79 Å². The molecule has 17 heavy (non-hydrogen) atoms. The number of carbonyl (C=O) groups excluding carboxylic acids is 1. The molecule has 3 aromatic rings. The summed E-state index contributed by atoms with van der Waals surface area (Å²) in [4.78, 5) is 16.7. The molecular formula is C13H13N3O. The molecule has 0 atom stereocenters. The molecule has 0 aliphatic carbocycles. The van der Waals surface area contributed by atoms with E-state index in [0.29, 0.717) is 0 Å². The Bertz CT molecular complexity index is 654. The average Bonchev–Trinajstić information content (AvgIpc) is 2.76. The number of rotatable bonds is 0. The molecule has 4 heteroatoms. The quantitative estimate of drug-likeness (QED) is 0.618. The highest BCUT2D eigenvalue weighted by Gasteiger charge is 1.99. The van der Waals surface area contributed by atoms with Crippen LogP contribution in [0, 0.1) is 0 Å². The van der Waals surface area contributed by atoms with Gasteiger partial charge >= 0.3 is 0 Å². The highest BCUT2D eigenvalue weighted by atomic mass is 16.1. The van der Waals surface area contributed by atoms with E-state index < -0.39 is 0 Å². The number of amides is 1. The summed E-state index contributed by atoms with van der Waals surface area (Å²) in [6.45, 7) is 1.31. The predicted molar refractivity (Wildman–Crippen MR) is 68.5 cm³/mol. The Morgan fingerprint density at radius 1 is 1.29 bits per heavy atom. The SMILES string of the molecule is CC(N)=O.c1c[nH]c2c(c1)ccc1nccc12. The number of hydrogen-bond donors (Lipinski definition) is 2. The van der Waals surface area contributed by atoms with Crippen molar-refractivity contribution in [2.75, 3.05) is 0 Å². The van der Waals surface area contributed by atoms with E-state index in [1.165, 1.54) is 17.7 Å². The van der Waals surface area contributed by atoms with E-state index in [0.717, 1.165) is 11.0 Å². The largest absolute Gasteiger partial charge is 0.370 e. The lowest BCUT2D eigenvalue weighted by Crippen LogP contribution is -2.01. The van der Waals surface area contributed by atoms with Gasteiger partial charge in [0.25, 0.3) is 0 Å². The van der Waals surface area contributed by atoms with Gasteiger partial charge in [0, 0.05) is 24.7 Å². The lowest BCUT2D eigenvalue weighted by atomic mass is 10.1. The Morgan fingerprint density at radius 3 is 2.82 bits per heavy atom. The van der Waals surface area contributed by atoms with Crippen LogP contribution in [0.5, 0.6) is 0 Å². The number of pyridine rings is 1. The molecule has 0 saturated carbocycles. The van der Waals surface area contributed by atoms with Gasteiger partial charge in [-0.05, 0) is 23.6 Å². The van der Waals surface area contributed by atoms with Crippen LogP contribution in [0.25, 0.3) is 21.8 Å². The highest BCUT2D eigenvalue weighted by Crippen LogP contribution is 2.21. The van der Waals surface area contributed by atoms with Gasteiger partial charge in [-0.25, -0.2) is 0 Å². The third-order valence-corrected chi connectivity index (χ3v) is 2.31. The zero-order valence-electron chi connectivity index (χ0n) is 9.47. The van der Waals surface area contributed by atoms with E-state index in [9.17, 15) is 4.79 Å². The molecule has 2 heterocycles. The maximum absolute atomic E-state index is 9.22. The van der Waals surface area contributed by atoms with Crippen LogP contribution in [-0.4, -0.2) is 15.9 Å². The molecule has 4 nitrogen and oxygen atoms in total. The number of primary amides is 1. The normalized spacial score (nSPS) is 9.94. The van der Waals surface area contributed by atoms with Crippen molar-refractivity contribution in [1.82, 2.24) is 9.97 Å². The Hall–Kier alpha value is -2.36. The molecule has 1 amide bonds. The van der Waals surface area contributed by atoms with Gasteiger partial charge in [0.2, 0.25) is 5.91 Å². The number of H-pyrrole nitrogens is 1. The molecule has 86 valence electrons. The number of benzene rings is 1. The van der Waals surface area contributed by atoms with E-state index >= 15 is 0 Å². The standard InChI is InChI=1S/C11H8N2.C2H5NO/c1-2-8-3-4-10-9(5-7-12-10)11(8)13-6-1;1-2(3)4/h1-7,13H;1H3,(H2,3,4). The predicted octanol–water partition coefficient (Wildman–Crippen LogP) is 2.21. The summed E-state index contributed by atoms with van der Waals surface area (Å²) in [5, 5.41) is 2.42. The van der Waals surface area contributed by atoms with E-state index in [1.807, 2.05) is 30.6 Å². The summed E-state index contributed by atoms with van der Waals surface area (Å²) in [7, 11) is 0. The first kappa shape index (κ1) is 11.1. The number of carbonyl (C=O) groups is 1. The lowest BCUT2D eigenvalue weighted by molar-refractivity contribution is -0.115. The zero-order valence-corrected chi connectivity index (χ0v) is 9.47. The molecule has 0 aliphatic rings. The van der Waals surface area contributed by atoms with Crippen molar-refractivity contribution >= 4 is 27.7 Å². The molecule has 1 aromatic carbocycles. The fourth-order valence-corrected chi connectivity index (χ4v) is 1.68. The van der Waals surface area contributed by atoms with Crippen LogP contribution in [0.15, 0.2) is 42.7 Å². The number of hydrogen-bond acceptors (Lipinski definition) is 2. The minimum Gasteiger partial charge on any atom is -0.370 e. The Labute approximate surface area is 98.5 Å². The Kier molecular flexibility index (Phi) is 3.05. The van der Waals surface area contributed by atoms with E-state index in [-0.39, 0.29) is 5.91 Å². The third-order valence-electron chi connectivity index (χ3n) is 2.31. The second-order valence-electron chi connectivity index (χ2n) is 3.69. The van der Waals surface area contributed by atoms with Gasteiger partial charge in [-0.1, -0.05) is 12.1 Å². The maximum Gasteiger partial charge on any atom is 0.214 e. The maximum atomic E-state index is 9.22. The van der Waals surface area contributed by atoms with Gasteiger partial charge in [0.15, 0.2) is 0 Å². The van der Waals surface area contributed by atoms with Crippen molar-refractivity contribution < 1.29 is 4.79 Å². The molecule has 0 radical (unpaired) electrons. The number of aromatic amines is 1. The van der Waals surface area contributed by atoms with E-state index in [4.69, 9.17) is 0 Å². The second kappa shape index (κ2) is 4.65. The van der Waals surface area contributed by atoms with Crippen molar-refractivity contribution in [2.24, 2.45) is 5.73 Å². The highest BCUT2D eigenvalue weighted by molar-refractivity contribution is 6.03. The van der Waals surface area contributed by atoms with Crippen molar-refractivity contribution in [3.05, 3.63) is 42.7 Å². The van der Waals surface area contributed by atoms with Crippen LogP contribution in [0.4, 0.5) is 0 Å². The van der Waals surface area contributed by atoms with Gasteiger partial charge in [-0.3, -0.25) is 9.78 Å². The lowest BCUT2D eigenvalue weighted by Gasteiger charge is -1.97. The van der Waals surface area contributed by atoms with E-state index in [1.54, 1.807) is 0 Å². The van der Waals surface area contributed by atoms with Crippen molar-refractivity contribution in [3.63, 3.8) is 0 Å². The molecule has 0 unspecified atom stereocenters. The van der Waals surface area contributed by atoms with Crippen LogP contribution in [0.3, 0.4) is 0 Å². The van der Waals surface area contributed by atoms with Gasteiger partial charge in [0.05, 0.1) is 11.0 Å². The van der Waals surface area contributed by atoms with Gasteiger partial charge in [-0.15, -0.1) is 0 Å². The van der Waals surface area contributed by atoms with Crippen molar-refractivity contribution in [3.8, 4) is 0 Å². The topological polar surface area (TPSA) is 71.8 Å². The minimum absolute atomic E-state index is 0.333. The monoisotopic (exact) mass is 227 g/mol. The number of nitrogens with zero attached hydrogens (tertiary/aromatic N) is 1. The number of nitrogens with one attached hydrogen (secondary N) is 1. The molecular weight excluding hydrogens is 214 g/mol. The third kappa shape index (κ3) is 2.42. The first-order valence-corrected chi connectivity index (χ1v) is 5.25. The molecule has 0 saturated heterocycles. The van der Waals surface area contributed by atoms with Crippen LogP contribution >= 0.6 is 0 Å². The second-order valence-corrected chi connectivity index (χ2v) is 3.69. The summed E-state index contributed by atoms with van der Waals surface area (Å²) in [5.41, 5.74) is 6.69. The fourth-order valence-electron chi connectivity index (χ4n) is 1.68. The summed E-state index contributed by atoms with van der Waals surface area (Å²) in [6, 6.07) is 10.3. The number of nitrogens with two attached hydrogens (primary N) is 1. The summed E-state index contributed by atoms with van der Waals surface area (Å²) >= 11 is 0. The number of fused-ring (bicyclic) bond motifs is 3. The molecule has 0 aliphatic heterocycles. The Morgan fingerprint density at radius 2 is 2.06 bits per heavy atom. The minimum atomic E-state index is -0.333. The summed E-state index contributed by atoms with van der Waals surface area (Å²) < 4.78 is 0. The Balaban J connectivity index is 0.000000239. The first-order valence-electron chi connectivity index (χ1n) is 5.25. The molecule has 2 aromatic heterocycles. The van der Waals surface area contributed by atoms with Crippen molar-refractivity contribution in [2.45, 2.75) is 6.92 Å². The zero-order chi connectivity index (χ0) is 12.3. The summed E-state index contributed by atoms with van der Waals surface area (Å²) in [6.07, 6.45) is 3.78. The van der Waals surface area contributed by atoms with Crippen LogP contribution in [0.1, 0.15) is 6.92 Å². The molecule has 3 rings (SSSR count). The van der Waals surface area contributed by atoms with Crippen LogP contribution in [0.2, 0.25) is 0 Å². The van der Waals surface area contributed by atoms with Crippen LogP contribution < -0.4 is 5.73 Å². The smallest absolute Gasteiger partial charge is 0.214 e. The molecule has 0 bridgehead atoms. The fraction of sp³-hybridized carbons (Fsp3) is 0.0769. The summed E-state index contributed by atoms with van der Waals surface area (Å²) in [5.74, 6) is -0.333. The van der Waals surface area contributed by atoms with Gasteiger partial charge < -0.3 is 10.7 Å². The molecule has 0 spiro atoms. The van der Waals surface area contributed by atoms with E-state index in [2.05, 4.69) is 27.8 Å². The van der Waals surface area contributed by atoms with Crippen molar-refractivity contribution in [1.29, 1.82) is 0 Å². The first-order chi connectivity index (χ1) is 8.18. The number of aromatic nitrogens is 2.